The summed E-state index contributed by atoms with van der Waals surface area (Å²) in [6.45, 7) is 0. The van der Waals surface area contributed by atoms with E-state index in [-0.39, 0.29) is 0 Å². The van der Waals surface area contributed by atoms with Crippen molar-refractivity contribution in [3.05, 3.63) is 71.8 Å². The molecule has 0 aliphatic heterocycles. The van der Waals surface area contributed by atoms with Crippen LogP contribution in [0, 0.1) is 0 Å². The molecule has 1 nitrogen and oxygen atoms in total. The molecule has 1 atom stereocenters. The Balaban J connectivity index is 1.83. The molecule has 2 rings (SSSR count). The Morgan fingerprint density at radius 1 is 0.765 bits per heavy atom. The first-order valence-corrected chi connectivity index (χ1v) is 7.26. The van der Waals surface area contributed by atoms with Gasteiger partial charge in [-0.2, -0.15) is 0 Å². The summed E-state index contributed by atoms with van der Waals surface area (Å²) in [7, 11) is -0.771. The van der Waals surface area contributed by atoms with Gasteiger partial charge in [-0.15, -0.1) is 0 Å². The van der Waals surface area contributed by atoms with E-state index in [0.29, 0.717) is 5.75 Å². The van der Waals surface area contributed by atoms with Crippen LogP contribution in [-0.4, -0.2) is 9.96 Å². The van der Waals surface area contributed by atoms with Crippen LogP contribution in [0.3, 0.4) is 0 Å². The van der Waals surface area contributed by atoms with Gasteiger partial charge in [0.1, 0.15) is 0 Å². The molecule has 0 aliphatic carbocycles. The van der Waals surface area contributed by atoms with Crippen LogP contribution in [-0.2, 0) is 23.0 Å². The van der Waals surface area contributed by atoms with Gasteiger partial charge >= 0.3 is 0 Å². The molecule has 0 heterocycles. The maximum Gasteiger partial charge on any atom is 0.0485 e. The maximum atomic E-state index is 11.9. The Morgan fingerprint density at radius 2 is 1.29 bits per heavy atom. The summed E-state index contributed by atoms with van der Waals surface area (Å²) in [5.41, 5.74) is 2.41. The fourth-order valence-electron chi connectivity index (χ4n) is 1.71. The van der Waals surface area contributed by atoms with E-state index in [4.69, 9.17) is 0 Å². The van der Waals surface area contributed by atoms with Crippen LogP contribution in [0.2, 0.25) is 0 Å². The van der Waals surface area contributed by atoms with Crippen molar-refractivity contribution in [2.24, 2.45) is 0 Å². The molecule has 1 unspecified atom stereocenters. The third kappa shape index (κ3) is 4.16. The van der Waals surface area contributed by atoms with E-state index >= 15 is 0 Å². The maximum absolute atomic E-state index is 11.9. The summed E-state index contributed by atoms with van der Waals surface area (Å²) >= 11 is 0. The summed E-state index contributed by atoms with van der Waals surface area (Å²) < 4.78 is 11.9. The Morgan fingerprint density at radius 3 is 1.88 bits per heavy atom. The Bertz CT molecular complexity index is 465. The first-order valence-electron chi connectivity index (χ1n) is 5.77. The lowest BCUT2D eigenvalue weighted by molar-refractivity contribution is 0.682. The van der Waals surface area contributed by atoms with Crippen molar-refractivity contribution in [2.45, 2.75) is 12.2 Å². The van der Waals surface area contributed by atoms with Crippen LogP contribution < -0.4 is 0 Å². The monoisotopic (exact) mass is 244 g/mol. The van der Waals surface area contributed by atoms with Gasteiger partial charge in [0.05, 0.1) is 0 Å². The van der Waals surface area contributed by atoms with E-state index < -0.39 is 10.8 Å². The third-order valence-corrected chi connectivity index (χ3v) is 3.95. The van der Waals surface area contributed by atoms with Crippen LogP contribution in [0.4, 0.5) is 0 Å². The second-order valence-corrected chi connectivity index (χ2v) is 5.59. The fourth-order valence-corrected chi connectivity index (χ4v) is 2.88. The molecule has 0 amide bonds. The number of rotatable bonds is 5. The molecule has 0 radical (unpaired) electrons. The highest BCUT2D eigenvalue weighted by molar-refractivity contribution is 7.84. The molecule has 0 bridgehead atoms. The minimum Gasteiger partial charge on any atom is -0.259 e. The van der Waals surface area contributed by atoms with Crippen LogP contribution in [0.5, 0.6) is 0 Å². The highest BCUT2D eigenvalue weighted by Gasteiger charge is 2.02. The standard InChI is InChI=1S/C15H16OS/c16-17(13-15-9-5-2-6-10-15)12-11-14-7-3-1-4-8-14/h1-10H,11-13H2. The van der Waals surface area contributed by atoms with Gasteiger partial charge in [0.15, 0.2) is 0 Å². The van der Waals surface area contributed by atoms with Crippen molar-refractivity contribution in [3.63, 3.8) is 0 Å². The molecule has 17 heavy (non-hydrogen) atoms. The molecule has 2 aromatic carbocycles. The van der Waals surface area contributed by atoms with Crippen molar-refractivity contribution in [1.29, 1.82) is 0 Å². The molecule has 0 N–H and O–H groups in total. The molecule has 0 saturated carbocycles. The lowest BCUT2D eigenvalue weighted by atomic mass is 10.2. The number of aryl methyl sites for hydroxylation is 1. The predicted octanol–water partition coefficient (Wildman–Crippen LogP) is 3.18. The first kappa shape index (κ1) is 12.1. The Labute approximate surface area is 105 Å². The van der Waals surface area contributed by atoms with E-state index in [0.717, 1.165) is 17.7 Å². The number of hydrogen-bond acceptors (Lipinski definition) is 1. The van der Waals surface area contributed by atoms with Gasteiger partial charge in [0, 0.05) is 22.3 Å². The zero-order valence-electron chi connectivity index (χ0n) is 9.71. The molecule has 0 saturated heterocycles. The molecule has 0 spiro atoms. The number of benzene rings is 2. The summed E-state index contributed by atoms with van der Waals surface area (Å²) in [5.74, 6) is 1.40. The van der Waals surface area contributed by atoms with Gasteiger partial charge in [0.2, 0.25) is 0 Å². The highest BCUT2D eigenvalue weighted by atomic mass is 32.2. The van der Waals surface area contributed by atoms with Crippen molar-refractivity contribution >= 4 is 10.8 Å². The van der Waals surface area contributed by atoms with E-state index in [1.807, 2.05) is 48.5 Å². The average Bonchev–Trinajstić information content (AvgIpc) is 2.39. The van der Waals surface area contributed by atoms with Gasteiger partial charge in [-0.05, 0) is 17.5 Å². The average molecular weight is 244 g/mol. The third-order valence-electron chi connectivity index (χ3n) is 2.63. The number of hydrogen-bond donors (Lipinski definition) is 0. The van der Waals surface area contributed by atoms with Crippen LogP contribution >= 0.6 is 0 Å². The summed E-state index contributed by atoms with van der Waals surface area (Å²) in [6, 6.07) is 20.2. The predicted molar refractivity (Wildman–Crippen MR) is 73.3 cm³/mol. The van der Waals surface area contributed by atoms with E-state index in [9.17, 15) is 4.21 Å². The minimum absolute atomic E-state index is 0.660. The summed E-state index contributed by atoms with van der Waals surface area (Å²) in [5, 5.41) is 0. The van der Waals surface area contributed by atoms with Gasteiger partial charge in [-0.3, -0.25) is 4.21 Å². The highest BCUT2D eigenvalue weighted by Crippen LogP contribution is 2.06. The van der Waals surface area contributed by atoms with Crippen molar-refractivity contribution in [1.82, 2.24) is 0 Å². The molecular weight excluding hydrogens is 228 g/mol. The second-order valence-electron chi connectivity index (χ2n) is 4.01. The Kier molecular flexibility index (Phi) is 4.51. The van der Waals surface area contributed by atoms with Gasteiger partial charge < -0.3 is 0 Å². The van der Waals surface area contributed by atoms with Crippen molar-refractivity contribution < 1.29 is 4.21 Å². The van der Waals surface area contributed by atoms with Crippen LogP contribution in [0.15, 0.2) is 60.7 Å². The molecular formula is C15H16OS. The molecule has 0 aliphatic rings. The Hall–Kier alpha value is -1.41. The van der Waals surface area contributed by atoms with Gasteiger partial charge in [-0.25, -0.2) is 0 Å². The first-order chi connectivity index (χ1) is 8.34. The summed E-state index contributed by atoms with van der Waals surface area (Å²) in [4.78, 5) is 0. The second kappa shape index (κ2) is 6.36. The molecule has 0 aromatic heterocycles. The van der Waals surface area contributed by atoms with E-state index in [2.05, 4.69) is 12.1 Å². The normalized spacial score (nSPS) is 12.2. The largest absolute Gasteiger partial charge is 0.259 e. The lowest BCUT2D eigenvalue weighted by Crippen LogP contribution is -2.03. The fraction of sp³-hybridized carbons (Fsp3) is 0.200. The van der Waals surface area contributed by atoms with Crippen LogP contribution in [0.25, 0.3) is 0 Å². The van der Waals surface area contributed by atoms with Crippen molar-refractivity contribution in [3.8, 4) is 0 Å². The van der Waals surface area contributed by atoms with E-state index in [1.165, 1.54) is 5.56 Å². The lowest BCUT2D eigenvalue weighted by Gasteiger charge is -2.03. The van der Waals surface area contributed by atoms with Crippen LogP contribution in [0.1, 0.15) is 11.1 Å². The van der Waals surface area contributed by atoms with Gasteiger partial charge in [-0.1, -0.05) is 60.7 Å². The van der Waals surface area contributed by atoms with Crippen molar-refractivity contribution in [2.75, 3.05) is 5.75 Å². The molecule has 0 fully saturated rings. The summed E-state index contributed by atoms with van der Waals surface area (Å²) in [6.07, 6.45) is 0.889. The quantitative estimate of drug-likeness (QED) is 0.789. The topological polar surface area (TPSA) is 17.1 Å². The minimum atomic E-state index is -0.771. The SMILES string of the molecule is O=S(CCc1ccccc1)Cc1ccccc1. The van der Waals surface area contributed by atoms with E-state index in [1.54, 1.807) is 0 Å². The molecule has 88 valence electrons. The molecule has 2 aromatic rings. The zero-order chi connectivity index (χ0) is 11.9. The smallest absolute Gasteiger partial charge is 0.0485 e. The zero-order valence-corrected chi connectivity index (χ0v) is 10.5. The molecule has 2 heteroatoms. The van der Waals surface area contributed by atoms with Gasteiger partial charge in [0.25, 0.3) is 0 Å².